The van der Waals surface area contributed by atoms with Crippen LogP contribution in [0.1, 0.15) is 18.9 Å². The molecule has 0 atom stereocenters. The highest BCUT2D eigenvalue weighted by Gasteiger charge is 1.96. The van der Waals surface area contributed by atoms with Crippen molar-refractivity contribution in [3.63, 3.8) is 0 Å². The molecule has 0 saturated carbocycles. The summed E-state index contributed by atoms with van der Waals surface area (Å²) in [5.74, 6) is -0.165. The minimum Gasteiger partial charge on any atom is -0.383 e. The molecule has 0 amide bonds. The highest BCUT2D eigenvalue weighted by molar-refractivity contribution is 5.21. The van der Waals surface area contributed by atoms with Crippen LogP contribution in [-0.4, -0.2) is 26.8 Å². The fourth-order valence-corrected chi connectivity index (χ4v) is 1.76. The Morgan fingerprint density at radius 2 is 2.22 bits per heavy atom. The Labute approximate surface area is 109 Å². The summed E-state index contributed by atoms with van der Waals surface area (Å²) in [4.78, 5) is 0. The van der Waals surface area contributed by atoms with Crippen LogP contribution in [0.5, 0.6) is 0 Å². The number of methoxy groups -OCH3 is 1. The van der Waals surface area contributed by atoms with E-state index in [0.29, 0.717) is 0 Å². The molecule has 1 aromatic carbocycles. The minimum absolute atomic E-state index is 0.165. The van der Waals surface area contributed by atoms with Gasteiger partial charge < -0.3 is 10.1 Å². The quantitative estimate of drug-likeness (QED) is 0.566. The van der Waals surface area contributed by atoms with Gasteiger partial charge in [0, 0.05) is 13.7 Å². The number of rotatable bonds is 8. The summed E-state index contributed by atoms with van der Waals surface area (Å²) in [5.41, 5.74) is 2.30. The van der Waals surface area contributed by atoms with E-state index in [1.54, 1.807) is 19.2 Å². The molecule has 0 aliphatic heterocycles. The number of ether oxygens (including phenoxy) is 1. The van der Waals surface area contributed by atoms with Gasteiger partial charge in [-0.25, -0.2) is 4.39 Å². The molecule has 0 unspecified atom stereocenters. The van der Waals surface area contributed by atoms with E-state index in [2.05, 4.69) is 18.3 Å². The third-order valence-electron chi connectivity index (χ3n) is 2.67. The van der Waals surface area contributed by atoms with Gasteiger partial charge in [0.1, 0.15) is 5.82 Å². The second-order valence-corrected chi connectivity index (χ2v) is 4.39. The first kappa shape index (κ1) is 14.9. The van der Waals surface area contributed by atoms with Gasteiger partial charge in [-0.2, -0.15) is 0 Å². The summed E-state index contributed by atoms with van der Waals surface area (Å²) in [6.45, 7) is 4.66. The van der Waals surface area contributed by atoms with Gasteiger partial charge in [0.25, 0.3) is 0 Å². The van der Waals surface area contributed by atoms with E-state index in [4.69, 9.17) is 4.74 Å². The summed E-state index contributed by atoms with van der Waals surface area (Å²) in [5, 5.41) is 3.29. The molecule has 2 nitrogen and oxygen atoms in total. The first-order chi connectivity index (χ1) is 8.72. The Bertz CT molecular complexity index is 377. The van der Waals surface area contributed by atoms with Crippen LogP contribution in [0.3, 0.4) is 0 Å². The third-order valence-corrected chi connectivity index (χ3v) is 2.67. The molecular weight excluding hydrogens is 229 g/mol. The first-order valence-corrected chi connectivity index (χ1v) is 6.32. The van der Waals surface area contributed by atoms with Crippen molar-refractivity contribution in [1.82, 2.24) is 5.32 Å². The third kappa shape index (κ3) is 6.52. The van der Waals surface area contributed by atoms with Gasteiger partial charge in [0.2, 0.25) is 0 Å². The lowest BCUT2D eigenvalue weighted by molar-refractivity contribution is 0.199. The van der Waals surface area contributed by atoms with Crippen molar-refractivity contribution in [1.29, 1.82) is 0 Å². The smallest absolute Gasteiger partial charge is 0.123 e. The fraction of sp³-hybridized carbons (Fsp3) is 0.467. The number of benzene rings is 1. The average Bonchev–Trinajstić information content (AvgIpc) is 2.33. The lowest BCUT2D eigenvalue weighted by Gasteiger charge is -2.04. The molecule has 1 N–H and O–H groups in total. The zero-order valence-electron chi connectivity index (χ0n) is 11.2. The van der Waals surface area contributed by atoms with E-state index < -0.39 is 0 Å². The predicted molar refractivity (Wildman–Crippen MR) is 73.2 cm³/mol. The van der Waals surface area contributed by atoms with Crippen LogP contribution in [0.2, 0.25) is 0 Å². The molecule has 0 spiro atoms. The molecule has 0 aliphatic carbocycles. The Morgan fingerprint density at radius 3 is 2.94 bits per heavy atom. The highest BCUT2D eigenvalue weighted by Crippen LogP contribution is 2.09. The van der Waals surface area contributed by atoms with Crippen LogP contribution < -0.4 is 5.32 Å². The van der Waals surface area contributed by atoms with Crippen LogP contribution in [0.15, 0.2) is 35.9 Å². The largest absolute Gasteiger partial charge is 0.383 e. The number of halogens is 1. The summed E-state index contributed by atoms with van der Waals surface area (Å²) < 4.78 is 17.9. The first-order valence-electron chi connectivity index (χ1n) is 6.32. The zero-order valence-corrected chi connectivity index (χ0v) is 11.2. The van der Waals surface area contributed by atoms with Crippen LogP contribution in [0, 0.1) is 5.82 Å². The predicted octanol–water partition coefficient (Wildman–Crippen LogP) is 2.94. The van der Waals surface area contributed by atoms with Gasteiger partial charge in [-0.3, -0.25) is 0 Å². The molecule has 100 valence electrons. The van der Waals surface area contributed by atoms with Gasteiger partial charge in [0.05, 0.1) is 6.61 Å². The van der Waals surface area contributed by atoms with Crippen LogP contribution in [-0.2, 0) is 11.2 Å². The molecule has 0 aromatic heterocycles. The molecule has 1 aromatic rings. The summed E-state index contributed by atoms with van der Waals surface area (Å²) in [6, 6.07) is 6.78. The Balaban J connectivity index is 2.25. The van der Waals surface area contributed by atoms with Crippen molar-refractivity contribution in [2.24, 2.45) is 0 Å². The molecule has 0 saturated heterocycles. The van der Waals surface area contributed by atoms with Crippen LogP contribution in [0.4, 0.5) is 4.39 Å². The van der Waals surface area contributed by atoms with Crippen molar-refractivity contribution in [2.45, 2.75) is 19.8 Å². The lowest BCUT2D eigenvalue weighted by Crippen LogP contribution is -2.19. The van der Waals surface area contributed by atoms with Crippen LogP contribution >= 0.6 is 0 Å². The van der Waals surface area contributed by atoms with Crippen molar-refractivity contribution in [3.05, 3.63) is 47.3 Å². The molecule has 3 heteroatoms. The van der Waals surface area contributed by atoms with Gasteiger partial charge in [-0.05, 0) is 44.0 Å². The van der Waals surface area contributed by atoms with Gasteiger partial charge in [-0.1, -0.05) is 23.8 Å². The van der Waals surface area contributed by atoms with E-state index in [-0.39, 0.29) is 5.82 Å². The number of nitrogens with one attached hydrogen (secondary N) is 1. The second kappa shape index (κ2) is 8.84. The molecule has 0 heterocycles. The van der Waals surface area contributed by atoms with E-state index in [1.807, 2.05) is 6.07 Å². The Hall–Kier alpha value is -1.19. The summed E-state index contributed by atoms with van der Waals surface area (Å²) in [7, 11) is 1.70. The van der Waals surface area contributed by atoms with Gasteiger partial charge in [-0.15, -0.1) is 0 Å². The Kier molecular flexibility index (Phi) is 7.30. The monoisotopic (exact) mass is 251 g/mol. The lowest BCUT2D eigenvalue weighted by atomic mass is 10.1. The van der Waals surface area contributed by atoms with Crippen molar-refractivity contribution >= 4 is 0 Å². The van der Waals surface area contributed by atoms with Crippen LogP contribution in [0.25, 0.3) is 0 Å². The van der Waals surface area contributed by atoms with E-state index in [1.165, 1.54) is 11.6 Å². The molecular formula is C15H22FNO. The topological polar surface area (TPSA) is 21.3 Å². The standard InChI is InChI=1S/C15H22FNO/c1-13(5-4-8-17-9-10-18-2)11-14-6-3-7-15(16)12-14/h3,5-7,12,17H,4,8-11H2,1-2H3. The van der Waals surface area contributed by atoms with E-state index >= 15 is 0 Å². The molecule has 1 rings (SSSR count). The summed E-state index contributed by atoms with van der Waals surface area (Å²) >= 11 is 0. The SMILES string of the molecule is COCCNCCC=C(C)Cc1cccc(F)c1. The number of allylic oxidation sites excluding steroid dienone is 1. The molecule has 0 bridgehead atoms. The van der Waals surface area contributed by atoms with E-state index in [0.717, 1.165) is 38.1 Å². The second-order valence-electron chi connectivity index (χ2n) is 4.39. The minimum atomic E-state index is -0.165. The fourth-order valence-electron chi connectivity index (χ4n) is 1.76. The molecule has 0 aliphatic rings. The number of hydrogen-bond donors (Lipinski definition) is 1. The van der Waals surface area contributed by atoms with Gasteiger partial charge in [0.15, 0.2) is 0 Å². The normalized spacial score (nSPS) is 11.8. The number of hydrogen-bond acceptors (Lipinski definition) is 2. The summed E-state index contributed by atoms with van der Waals surface area (Å²) in [6.07, 6.45) is 4.01. The maximum atomic E-state index is 13.0. The zero-order chi connectivity index (χ0) is 13.2. The highest BCUT2D eigenvalue weighted by atomic mass is 19.1. The molecule has 0 fully saturated rings. The average molecular weight is 251 g/mol. The molecule has 18 heavy (non-hydrogen) atoms. The molecule has 0 radical (unpaired) electrons. The maximum Gasteiger partial charge on any atom is 0.123 e. The van der Waals surface area contributed by atoms with Crippen molar-refractivity contribution in [3.8, 4) is 0 Å². The van der Waals surface area contributed by atoms with Crippen molar-refractivity contribution in [2.75, 3.05) is 26.8 Å². The van der Waals surface area contributed by atoms with Gasteiger partial charge >= 0.3 is 0 Å². The Morgan fingerprint density at radius 1 is 1.39 bits per heavy atom. The van der Waals surface area contributed by atoms with E-state index in [9.17, 15) is 4.39 Å². The maximum absolute atomic E-state index is 13.0. The van der Waals surface area contributed by atoms with Crippen molar-refractivity contribution < 1.29 is 9.13 Å².